The fourth-order valence-corrected chi connectivity index (χ4v) is 1.81. The third kappa shape index (κ3) is 6.27. The van der Waals surface area contributed by atoms with Gasteiger partial charge in [0.2, 0.25) is 0 Å². The van der Waals surface area contributed by atoms with Crippen LogP contribution in [0.5, 0.6) is 0 Å². The molecule has 3 nitrogen and oxygen atoms in total. The molecule has 1 aromatic carbocycles. The van der Waals surface area contributed by atoms with Gasteiger partial charge in [0, 0.05) is 26.7 Å². The minimum atomic E-state index is 0. The van der Waals surface area contributed by atoms with Gasteiger partial charge in [-0.1, -0.05) is 31.2 Å². The minimum Gasteiger partial charge on any atom is -0.357 e. The molecule has 0 saturated carbocycles. The predicted octanol–water partition coefficient (Wildman–Crippen LogP) is 3.42. The average molecular weight is 375 g/mol. The standard InChI is InChI=1S/C15H25N3.HI/c1-5-11-17-15(16-6-2)18(4)12-14-10-8-7-9-13(14)3;/h7-10H,5-6,11-12H2,1-4H3,(H,16,17);1H. The maximum atomic E-state index is 4.59. The normalized spacial score (nSPS) is 10.8. The van der Waals surface area contributed by atoms with Crippen LogP contribution < -0.4 is 5.32 Å². The topological polar surface area (TPSA) is 27.6 Å². The summed E-state index contributed by atoms with van der Waals surface area (Å²) in [7, 11) is 2.09. The number of halogens is 1. The lowest BCUT2D eigenvalue weighted by Crippen LogP contribution is -2.38. The molecule has 0 radical (unpaired) electrons. The molecule has 0 aliphatic heterocycles. The first-order valence-corrected chi connectivity index (χ1v) is 6.73. The van der Waals surface area contributed by atoms with Gasteiger partial charge in [-0.25, -0.2) is 0 Å². The van der Waals surface area contributed by atoms with E-state index in [1.54, 1.807) is 0 Å². The first kappa shape index (κ1) is 18.2. The van der Waals surface area contributed by atoms with E-state index in [1.165, 1.54) is 11.1 Å². The Bertz CT molecular complexity index is 391. The largest absolute Gasteiger partial charge is 0.357 e. The molecular weight excluding hydrogens is 349 g/mol. The Balaban J connectivity index is 0.00000324. The van der Waals surface area contributed by atoms with Gasteiger partial charge in [-0.3, -0.25) is 4.99 Å². The van der Waals surface area contributed by atoms with Gasteiger partial charge in [-0.05, 0) is 31.4 Å². The third-order valence-corrected chi connectivity index (χ3v) is 2.85. The van der Waals surface area contributed by atoms with E-state index in [9.17, 15) is 0 Å². The molecule has 0 heterocycles. The highest BCUT2D eigenvalue weighted by molar-refractivity contribution is 14.0. The molecule has 0 spiro atoms. The zero-order valence-electron chi connectivity index (χ0n) is 12.4. The Morgan fingerprint density at radius 3 is 2.53 bits per heavy atom. The van der Waals surface area contributed by atoms with Crippen molar-refractivity contribution in [1.82, 2.24) is 10.2 Å². The summed E-state index contributed by atoms with van der Waals surface area (Å²) in [6.07, 6.45) is 1.08. The second-order valence-electron chi connectivity index (χ2n) is 4.52. The lowest BCUT2D eigenvalue weighted by Gasteiger charge is -2.23. The summed E-state index contributed by atoms with van der Waals surface area (Å²) < 4.78 is 0. The molecule has 0 bridgehead atoms. The van der Waals surface area contributed by atoms with Gasteiger partial charge in [-0.15, -0.1) is 24.0 Å². The Labute approximate surface area is 134 Å². The number of hydrogen-bond donors (Lipinski definition) is 1. The zero-order chi connectivity index (χ0) is 13.4. The zero-order valence-corrected chi connectivity index (χ0v) is 14.8. The van der Waals surface area contributed by atoms with Crippen molar-refractivity contribution < 1.29 is 0 Å². The van der Waals surface area contributed by atoms with E-state index in [4.69, 9.17) is 0 Å². The number of hydrogen-bond acceptors (Lipinski definition) is 1. The first-order valence-electron chi connectivity index (χ1n) is 6.73. The van der Waals surface area contributed by atoms with E-state index in [0.717, 1.165) is 32.0 Å². The van der Waals surface area contributed by atoms with Crippen molar-refractivity contribution in [2.75, 3.05) is 20.1 Å². The molecule has 0 unspecified atom stereocenters. The Morgan fingerprint density at radius 1 is 1.26 bits per heavy atom. The smallest absolute Gasteiger partial charge is 0.193 e. The summed E-state index contributed by atoms with van der Waals surface area (Å²) in [6.45, 7) is 9.07. The van der Waals surface area contributed by atoms with E-state index in [2.05, 4.69) is 67.3 Å². The van der Waals surface area contributed by atoms with Gasteiger partial charge in [0.15, 0.2) is 5.96 Å². The summed E-state index contributed by atoms with van der Waals surface area (Å²) >= 11 is 0. The molecule has 0 atom stereocenters. The lowest BCUT2D eigenvalue weighted by atomic mass is 10.1. The molecule has 0 aliphatic rings. The fraction of sp³-hybridized carbons (Fsp3) is 0.533. The summed E-state index contributed by atoms with van der Waals surface area (Å²) in [5, 5.41) is 3.33. The van der Waals surface area contributed by atoms with Crippen molar-refractivity contribution >= 4 is 29.9 Å². The molecule has 1 N–H and O–H groups in total. The van der Waals surface area contributed by atoms with Crippen LogP contribution in [-0.4, -0.2) is 31.0 Å². The van der Waals surface area contributed by atoms with Crippen molar-refractivity contribution in [1.29, 1.82) is 0 Å². The van der Waals surface area contributed by atoms with Crippen LogP contribution in [0.15, 0.2) is 29.3 Å². The number of aryl methyl sites for hydroxylation is 1. The molecule has 4 heteroatoms. The summed E-state index contributed by atoms with van der Waals surface area (Å²) in [5.74, 6) is 0.989. The number of nitrogens with zero attached hydrogens (tertiary/aromatic N) is 2. The molecule has 0 saturated heterocycles. The summed E-state index contributed by atoms with van der Waals surface area (Å²) in [4.78, 5) is 6.77. The number of nitrogens with one attached hydrogen (secondary N) is 1. The quantitative estimate of drug-likeness (QED) is 0.485. The molecule has 1 aromatic rings. The molecule has 0 aromatic heterocycles. The average Bonchev–Trinajstić information content (AvgIpc) is 2.37. The second-order valence-corrected chi connectivity index (χ2v) is 4.52. The number of rotatable bonds is 5. The molecule has 1 rings (SSSR count). The fourth-order valence-electron chi connectivity index (χ4n) is 1.81. The van der Waals surface area contributed by atoms with Crippen LogP contribution in [0.4, 0.5) is 0 Å². The van der Waals surface area contributed by atoms with Gasteiger partial charge in [0.1, 0.15) is 0 Å². The summed E-state index contributed by atoms with van der Waals surface area (Å²) in [6, 6.07) is 8.50. The van der Waals surface area contributed by atoms with E-state index in [0.29, 0.717) is 0 Å². The van der Waals surface area contributed by atoms with E-state index in [-0.39, 0.29) is 24.0 Å². The highest BCUT2D eigenvalue weighted by atomic mass is 127. The van der Waals surface area contributed by atoms with Crippen LogP contribution in [0.3, 0.4) is 0 Å². The monoisotopic (exact) mass is 375 g/mol. The van der Waals surface area contributed by atoms with E-state index in [1.807, 2.05) is 0 Å². The van der Waals surface area contributed by atoms with Crippen LogP contribution in [0.25, 0.3) is 0 Å². The molecule has 0 fully saturated rings. The molecule has 0 amide bonds. The maximum Gasteiger partial charge on any atom is 0.193 e. The SMILES string of the molecule is CCCN=C(NCC)N(C)Cc1ccccc1C.I. The van der Waals surface area contributed by atoms with Gasteiger partial charge in [0.05, 0.1) is 0 Å². The highest BCUT2D eigenvalue weighted by Gasteiger charge is 2.07. The van der Waals surface area contributed by atoms with Crippen LogP contribution in [0.2, 0.25) is 0 Å². The Hall–Kier alpha value is -0.780. The maximum absolute atomic E-state index is 4.59. The van der Waals surface area contributed by atoms with Crippen molar-refractivity contribution in [2.45, 2.75) is 33.7 Å². The van der Waals surface area contributed by atoms with Crippen LogP contribution in [0, 0.1) is 6.92 Å². The minimum absolute atomic E-state index is 0. The first-order chi connectivity index (χ1) is 8.69. The second kappa shape index (κ2) is 10.1. The lowest BCUT2D eigenvalue weighted by molar-refractivity contribution is 0.475. The molecule has 108 valence electrons. The number of aliphatic imine (C=N–C) groups is 1. The number of benzene rings is 1. The molecule has 19 heavy (non-hydrogen) atoms. The molecule has 0 aliphatic carbocycles. The summed E-state index contributed by atoms with van der Waals surface area (Å²) in [5.41, 5.74) is 2.68. The van der Waals surface area contributed by atoms with Crippen molar-refractivity contribution in [3.63, 3.8) is 0 Å². The Morgan fingerprint density at radius 2 is 1.95 bits per heavy atom. The van der Waals surface area contributed by atoms with Crippen molar-refractivity contribution in [3.8, 4) is 0 Å². The van der Waals surface area contributed by atoms with Crippen LogP contribution in [0.1, 0.15) is 31.4 Å². The van der Waals surface area contributed by atoms with Crippen LogP contribution in [-0.2, 0) is 6.54 Å². The highest BCUT2D eigenvalue weighted by Crippen LogP contribution is 2.09. The third-order valence-electron chi connectivity index (χ3n) is 2.85. The van der Waals surface area contributed by atoms with Crippen LogP contribution >= 0.6 is 24.0 Å². The Kier molecular flexibility index (Phi) is 9.65. The van der Waals surface area contributed by atoms with E-state index >= 15 is 0 Å². The van der Waals surface area contributed by atoms with Gasteiger partial charge in [-0.2, -0.15) is 0 Å². The number of guanidine groups is 1. The molecular formula is C15H26IN3. The van der Waals surface area contributed by atoms with Gasteiger partial charge in [0.25, 0.3) is 0 Å². The van der Waals surface area contributed by atoms with Gasteiger partial charge < -0.3 is 10.2 Å². The van der Waals surface area contributed by atoms with Crippen molar-refractivity contribution in [2.24, 2.45) is 4.99 Å². The van der Waals surface area contributed by atoms with E-state index < -0.39 is 0 Å². The van der Waals surface area contributed by atoms with Gasteiger partial charge >= 0.3 is 0 Å². The van der Waals surface area contributed by atoms with Crippen molar-refractivity contribution in [3.05, 3.63) is 35.4 Å². The predicted molar refractivity (Wildman–Crippen MR) is 94.3 cm³/mol.